The Hall–Kier alpha value is -2.38. The molecular formula is C19H22N2O4S. The maximum absolute atomic E-state index is 12.5. The van der Waals surface area contributed by atoms with E-state index in [1.54, 1.807) is 24.3 Å². The van der Waals surface area contributed by atoms with Gasteiger partial charge in [0, 0.05) is 18.8 Å². The number of para-hydroxylation sites is 1. The molecule has 1 atom stereocenters. The average molecular weight is 374 g/mol. The van der Waals surface area contributed by atoms with Crippen LogP contribution in [0.4, 0.5) is 5.69 Å². The summed E-state index contributed by atoms with van der Waals surface area (Å²) in [5, 5.41) is 2.86. The first-order chi connectivity index (χ1) is 12.4. The molecule has 0 bridgehead atoms. The number of anilines is 1. The van der Waals surface area contributed by atoms with E-state index in [0.29, 0.717) is 30.8 Å². The van der Waals surface area contributed by atoms with Crippen molar-refractivity contribution in [3.8, 4) is 11.5 Å². The summed E-state index contributed by atoms with van der Waals surface area (Å²) in [6, 6.07) is 16.6. The first kappa shape index (κ1) is 18.4. The third-order valence-electron chi connectivity index (χ3n) is 4.32. The van der Waals surface area contributed by atoms with E-state index in [4.69, 9.17) is 4.74 Å². The first-order valence-electron chi connectivity index (χ1n) is 8.51. The Bertz CT molecular complexity index is 851. The largest absolute Gasteiger partial charge is 0.457 e. The van der Waals surface area contributed by atoms with Crippen LogP contribution in [0, 0.1) is 5.92 Å². The van der Waals surface area contributed by atoms with Gasteiger partial charge in [0.1, 0.15) is 11.5 Å². The third-order valence-corrected chi connectivity index (χ3v) is 5.59. The van der Waals surface area contributed by atoms with Crippen LogP contribution >= 0.6 is 0 Å². The van der Waals surface area contributed by atoms with Crippen LogP contribution in [0.3, 0.4) is 0 Å². The molecule has 0 unspecified atom stereocenters. The zero-order valence-corrected chi connectivity index (χ0v) is 15.4. The second-order valence-corrected chi connectivity index (χ2v) is 8.37. The lowest BCUT2D eigenvalue weighted by Crippen LogP contribution is -2.43. The van der Waals surface area contributed by atoms with E-state index in [0.717, 1.165) is 5.75 Å². The van der Waals surface area contributed by atoms with E-state index in [1.165, 1.54) is 10.6 Å². The number of hydrogen-bond donors (Lipinski definition) is 1. The lowest BCUT2D eigenvalue weighted by atomic mass is 9.99. The summed E-state index contributed by atoms with van der Waals surface area (Å²) >= 11 is 0. The molecule has 3 rings (SSSR count). The summed E-state index contributed by atoms with van der Waals surface area (Å²) < 4.78 is 30.5. The van der Waals surface area contributed by atoms with Crippen LogP contribution in [0.1, 0.15) is 12.8 Å². The van der Waals surface area contributed by atoms with Gasteiger partial charge in [0.15, 0.2) is 0 Å². The van der Waals surface area contributed by atoms with Gasteiger partial charge in [-0.25, -0.2) is 12.7 Å². The highest BCUT2D eigenvalue weighted by Gasteiger charge is 2.30. The fourth-order valence-electron chi connectivity index (χ4n) is 2.93. The molecule has 26 heavy (non-hydrogen) atoms. The Morgan fingerprint density at radius 3 is 2.38 bits per heavy atom. The van der Waals surface area contributed by atoms with Crippen molar-refractivity contribution in [2.45, 2.75) is 12.8 Å². The number of carbonyl (C=O) groups excluding carboxylic acids is 1. The van der Waals surface area contributed by atoms with Crippen molar-refractivity contribution in [2.75, 3.05) is 24.7 Å². The van der Waals surface area contributed by atoms with Crippen LogP contribution in [0.15, 0.2) is 54.6 Å². The molecule has 1 amide bonds. The lowest BCUT2D eigenvalue weighted by molar-refractivity contribution is -0.120. The molecule has 1 saturated heterocycles. The van der Waals surface area contributed by atoms with Gasteiger partial charge in [-0.05, 0) is 49.2 Å². The SMILES string of the molecule is CS(=O)(=O)N1CCC[C@@H](C(=O)Nc2ccc(Oc3ccccc3)cc2)C1. The van der Waals surface area contributed by atoms with E-state index < -0.39 is 10.0 Å². The van der Waals surface area contributed by atoms with Crippen molar-refractivity contribution in [1.82, 2.24) is 4.31 Å². The Balaban J connectivity index is 1.59. The van der Waals surface area contributed by atoms with Gasteiger partial charge in [-0.2, -0.15) is 0 Å². The predicted molar refractivity (Wildman–Crippen MR) is 101 cm³/mol. The van der Waals surface area contributed by atoms with Gasteiger partial charge >= 0.3 is 0 Å². The predicted octanol–water partition coefficient (Wildman–Crippen LogP) is 3.09. The zero-order chi connectivity index (χ0) is 18.6. The van der Waals surface area contributed by atoms with E-state index in [-0.39, 0.29) is 18.4 Å². The minimum atomic E-state index is -3.26. The molecule has 1 fully saturated rings. The highest BCUT2D eigenvalue weighted by molar-refractivity contribution is 7.88. The summed E-state index contributed by atoms with van der Waals surface area (Å²) in [5.74, 6) is 0.927. The van der Waals surface area contributed by atoms with Crippen LogP contribution in [-0.2, 0) is 14.8 Å². The monoisotopic (exact) mass is 374 g/mol. The van der Waals surface area contributed by atoms with Gasteiger partial charge in [0.25, 0.3) is 0 Å². The van der Waals surface area contributed by atoms with Gasteiger partial charge in [0.2, 0.25) is 15.9 Å². The van der Waals surface area contributed by atoms with Gasteiger partial charge in [-0.1, -0.05) is 18.2 Å². The topological polar surface area (TPSA) is 75.7 Å². The minimum Gasteiger partial charge on any atom is -0.457 e. The second kappa shape index (κ2) is 7.88. The molecule has 0 spiro atoms. The number of nitrogens with zero attached hydrogens (tertiary/aromatic N) is 1. The second-order valence-electron chi connectivity index (χ2n) is 6.39. The summed E-state index contributed by atoms with van der Waals surface area (Å²) in [7, 11) is -3.26. The molecule has 2 aromatic rings. The molecule has 2 aromatic carbocycles. The molecule has 6 nitrogen and oxygen atoms in total. The van der Waals surface area contributed by atoms with E-state index in [2.05, 4.69) is 5.32 Å². The molecule has 1 aliphatic rings. The maximum Gasteiger partial charge on any atom is 0.228 e. The van der Waals surface area contributed by atoms with Crippen molar-refractivity contribution in [3.63, 3.8) is 0 Å². The molecule has 138 valence electrons. The van der Waals surface area contributed by atoms with Crippen LogP contribution < -0.4 is 10.1 Å². The quantitative estimate of drug-likeness (QED) is 0.873. The highest BCUT2D eigenvalue weighted by Crippen LogP contribution is 2.24. The summed E-state index contributed by atoms with van der Waals surface area (Å²) in [4.78, 5) is 12.5. The van der Waals surface area contributed by atoms with Crippen molar-refractivity contribution in [3.05, 3.63) is 54.6 Å². The molecule has 7 heteroatoms. The van der Waals surface area contributed by atoms with Crippen LogP contribution in [0.5, 0.6) is 11.5 Å². The summed E-state index contributed by atoms with van der Waals surface area (Å²) in [5.41, 5.74) is 0.659. The van der Waals surface area contributed by atoms with Gasteiger partial charge in [-0.15, -0.1) is 0 Å². The van der Waals surface area contributed by atoms with Crippen molar-refractivity contribution in [1.29, 1.82) is 0 Å². The molecule has 1 aliphatic heterocycles. The van der Waals surface area contributed by atoms with Crippen LogP contribution in [0.25, 0.3) is 0 Å². The van der Waals surface area contributed by atoms with Gasteiger partial charge < -0.3 is 10.1 Å². The summed E-state index contributed by atoms with van der Waals surface area (Å²) in [6.45, 7) is 0.716. The first-order valence-corrected chi connectivity index (χ1v) is 10.4. The Morgan fingerprint density at radius 2 is 1.73 bits per heavy atom. The molecular weight excluding hydrogens is 352 g/mol. The highest BCUT2D eigenvalue weighted by atomic mass is 32.2. The summed E-state index contributed by atoms with van der Waals surface area (Å²) in [6.07, 6.45) is 2.56. The molecule has 0 aliphatic carbocycles. The number of piperidine rings is 1. The number of benzene rings is 2. The maximum atomic E-state index is 12.5. The Kier molecular flexibility index (Phi) is 5.58. The number of amides is 1. The van der Waals surface area contributed by atoms with Gasteiger partial charge in [-0.3, -0.25) is 4.79 Å². The van der Waals surface area contributed by atoms with Crippen molar-refractivity contribution in [2.24, 2.45) is 5.92 Å². The minimum absolute atomic E-state index is 0.157. The van der Waals surface area contributed by atoms with E-state index >= 15 is 0 Å². The smallest absolute Gasteiger partial charge is 0.228 e. The number of sulfonamides is 1. The Morgan fingerprint density at radius 1 is 1.08 bits per heavy atom. The standard InChI is InChI=1S/C19H22N2O4S/c1-26(23,24)21-13-5-6-15(14-21)19(22)20-16-9-11-18(12-10-16)25-17-7-3-2-4-8-17/h2-4,7-12,15H,5-6,13-14H2,1H3,(H,20,22)/t15-/m1/s1. The molecule has 1 N–H and O–H groups in total. The van der Waals surface area contributed by atoms with E-state index in [9.17, 15) is 13.2 Å². The Labute approximate surface area is 153 Å². The molecule has 0 saturated carbocycles. The van der Waals surface area contributed by atoms with Crippen LogP contribution in [0.2, 0.25) is 0 Å². The number of rotatable bonds is 5. The molecule has 0 radical (unpaired) electrons. The van der Waals surface area contributed by atoms with Crippen molar-refractivity contribution < 1.29 is 17.9 Å². The molecule has 1 heterocycles. The van der Waals surface area contributed by atoms with E-state index in [1.807, 2.05) is 30.3 Å². The lowest BCUT2D eigenvalue weighted by Gasteiger charge is -2.30. The number of nitrogens with one attached hydrogen (secondary N) is 1. The van der Waals surface area contributed by atoms with Crippen molar-refractivity contribution >= 4 is 21.6 Å². The zero-order valence-electron chi connectivity index (χ0n) is 14.6. The normalized spacial score (nSPS) is 18.3. The molecule has 0 aromatic heterocycles. The third kappa shape index (κ3) is 4.83. The number of ether oxygens (including phenoxy) is 1. The van der Waals surface area contributed by atoms with Gasteiger partial charge in [0.05, 0.1) is 12.2 Å². The number of carbonyl (C=O) groups is 1. The number of hydrogen-bond acceptors (Lipinski definition) is 4. The fraction of sp³-hybridized carbons (Fsp3) is 0.316. The average Bonchev–Trinajstić information content (AvgIpc) is 2.63. The van der Waals surface area contributed by atoms with Crippen LogP contribution in [-0.4, -0.2) is 38.0 Å². The fourth-order valence-corrected chi connectivity index (χ4v) is 3.84.